The summed E-state index contributed by atoms with van der Waals surface area (Å²) in [4.78, 5) is 14.7. The van der Waals surface area contributed by atoms with Crippen molar-refractivity contribution in [3.63, 3.8) is 0 Å². The number of benzene rings is 7. The number of fused-ring (bicyclic) bond motifs is 5. The smallest absolute Gasteiger partial charge is 0.164 e. The molecule has 0 radical (unpaired) electrons. The summed E-state index contributed by atoms with van der Waals surface area (Å²) in [5, 5.41) is 12.4. The van der Waals surface area contributed by atoms with E-state index in [0.717, 1.165) is 34.1 Å². The maximum atomic E-state index is 9.56. The first kappa shape index (κ1) is 33.4. The predicted molar refractivity (Wildman–Crippen MR) is 232 cm³/mol. The van der Waals surface area contributed by atoms with Crippen molar-refractivity contribution in [1.29, 1.82) is 5.26 Å². The van der Waals surface area contributed by atoms with E-state index >= 15 is 0 Å². The molecule has 5 aliphatic rings. The topological polar surface area (TPSA) is 62.5 Å². The van der Waals surface area contributed by atoms with E-state index in [1.54, 1.807) is 17.2 Å². The standard InChI is InChI=1S/C54H40N4/c55-32-33-8-6-12-42(27-33)53-57-51(40-10-2-1-3-11-40)56-52(58-53)41-22-18-37(19-23-41)36-16-20-39(21-17-36)46-14-7-15-47-48-25-24-38-9-4-5-13-45(38)50(48)54(49(46)47)43-28-34-26-35(30-43)31-44(54)29-34/h1-25,27,34-35,43-44H,26,28-31H2. The van der Waals surface area contributed by atoms with Crippen molar-refractivity contribution in [2.45, 2.75) is 37.5 Å². The Kier molecular flexibility index (Phi) is 7.45. The highest BCUT2D eigenvalue weighted by Gasteiger charge is 2.62. The van der Waals surface area contributed by atoms with Crippen LogP contribution < -0.4 is 0 Å². The Morgan fingerprint density at radius 3 is 1.66 bits per heavy atom. The average molecular weight is 745 g/mol. The molecule has 13 rings (SSSR count). The van der Waals surface area contributed by atoms with Crippen LogP contribution in [-0.4, -0.2) is 15.0 Å². The van der Waals surface area contributed by atoms with Crippen LogP contribution in [0, 0.1) is 35.0 Å². The van der Waals surface area contributed by atoms with Crippen LogP contribution in [0.4, 0.5) is 0 Å². The second kappa shape index (κ2) is 12.9. The van der Waals surface area contributed by atoms with Crippen molar-refractivity contribution < 1.29 is 0 Å². The summed E-state index contributed by atoms with van der Waals surface area (Å²) in [6, 6.07) is 58.6. The lowest BCUT2D eigenvalue weighted by molar-refractivity contribution is -0.0391. The lowest BCUT2D eigenvalue weighted by atomic mass is 9.42. The molecule has 4 heteroatoms. The van der Waals surface area contributed by atoms with E-state index in [-0.39, 0.29) is 5.41 Å². The van der Waals surface area contributed by atoms with Gasteiger partial charge in [-0.1, -0.05) is 146 Å². The van der Waals surface area contributed by atoms with E-state index in [4.69, 9.17) is 15.0 Å². The summed E-state index contributed by atoms with van der Waals surface area (Å²) in [6.07, 6.45) is 6.92. The summed E-state index contributed by atoms with van der Waals surface area (Å²) in [6.45, 7) is 0. The summed E-state index contributed by atoms with van der Waals surface area (Å²) in [7, 11) is 0. The summed E-state index contributed by atoms with van der Waals surface area (Å²) in [5.74, 6) is 4.92. The molecule has 0 aliphatic heterocycles. The third kappa shape index (κ3) is 5.02. The van der Waals surface area contributed by atoms with Crippen LogP contribution in [0.5, 0.6) is 0 Å². The van der Waals surface area contributed by atoms with Gasteiger partial charge in [0, 0.05) is 22.1 Å². The fourth-order valence-corrected chi connectivity index (χ4v) is 12.0. The van der Waals surface area contributed by atoms with Crippen LogP contribution >= 0.6 is 0 Å². The van der Waals surface area contributed by atoms with Gasteiger partial charge in [-0.2, -0.15) is 5.26 Å². The molecule has 5 aliphatic carbocycles. The van der Waals surface area contributed by atoms with Gasteiger partial charge in [-0.25, -0.2) is 15.0 Å². The van der Waals surface area contributed by atoms with Gasteiger partial charge in [-0.15, -0.1) is 0 Å². The Bertz CT molecular complexity index is 2930. The van der Waals surface area contributed by atoms with Crippen LogP contribution in [0.15, 0.2) is 158 Å². The van der Waals surface area contributed by atoms with Crippen LogP contribution in [0.1, 0.15) is 48.8 Å². The van der Waals surface area contributed by atoms with Crippen LogP contribution in [-0.2, 0) is 5.41 Å². The minimum atomic E-state index is 0.0673. The predicted octanol–water partition coefficient (Wildman–Crippen LogP) is 13.0. The van der Waals surface area contributed by atoms with E-state index in [1.165, 1.54) is 70.7 Å². The lowest BCUT2D eigenvalue weighted by Gasteiger charge is -2.61. The maximum absolute atomic E-state index is 9.56. The molecule has 0 N–H and O–H groups in total. The fourth-order valence-electron chi connectivity index (χ4n) is 12.0. The molecule has 1 heterocycles. The van der Waals surface area contributed by atoms with Gasteiger partial charge in [0.2, 0.25) is 0 Å². The first-order chi connectivity index (χ1) is 28.6. The number of nitrogens with zero attached hydrogens (tertiary/aromatic N) is 4. The molecule has 0 atom stereocenters. The third-order valence-corrected chi connectivity index (χ3v) is 14.1. The summed E-state index contributed by atoms with van der Waals surface area (Å²) < 4.78 is 0. The van der Waals surface area contributed by atoms with Gasteiger partial charge in [0.25, 0.3) is 0 Å². The zero-order valence-corrected chi connectivity index (χ0v) is 32.1. The minimum absolute atomic E-state index is 0.0673. The van der Waals surface area contributed by atoms with Crippen LogP contribution in [0.3, 0.4) is 0 Å². The molecule has 1 aromatic heterocycles. The van der Waals surface area contributed by atoms with Crippen molar-refractivity contribution in [2.24, 2.45) is 23.7 Å². The number of aromatic nitrogens is 3. The SMILES string of the molecule is N#Cc1cccc(-c2nc(-c3ccccc3)nc(-c3ccc(-c4ccc(-c5cccc6c5C5(c7c-6ccc6ccccc76)C6CC7CC(C6)CC5C7)cc4)cc3)n2)c1. The van der Waals surface area contributed by atoms with Crippen molar-refractivity contribution in [2.75, 3.05) is 0 Å². The van der Waals surface area contributed by atoms with E-state index in [9.17, 15) is 5.26 Å². The van der Waals surface area contributed by atoms with Crippen molar-refractivity contribution in [1.82, 2.24) is 15.0 Å². The largest absolute Gasteiger partial charge is 0.208 e. The molecule has 7 aromatic carbocycles. The quantitative estimate of drug-likeness (QED) is 0.176. The molecular formula is C54H40N4. The molecule has 4 saturated carbocycles. The first-order valence-corrected chi connectivity index (χ1v) is 20.8. The second-order valence-electron chi connectivity index (χ2n) is 17.1. The minimum Gasteiger partial charge on any atom is -0.208 e. The van der Waals surface area contributed by atoms with Gasteiger partial charge in [0.15, 0.2) is 17.5 Å². The Balaban J connectivity index is 0.918. The molecular weight excluding hydrogens is 705 g/mol. The third-order valence-electron chi connectivity index (χ3n) is 14.1. The molecule has 0 unspecified atom stereocenters. The van der Waals surface area contributed by atoms with Crippen LogP contribution in [0.2, 0.25) is 0 Å². The maximum Gasteiger partial charge on any atom is 0.164 e. The molecule has 276 valence electrons. The molecule has 0 saturated heterocycles. The Labute approximate surface area is 338 Å². The summed E-state index contributed by atoms with van der Waals surface area (Å²) >= 11 is 0. The second-order valence-corrected chi connectivity index (χ2v) is 17.1. The van der Waals surface area contributed by atoms with E-state index < -0.39 is 0 Å². The van der Waals surface area contributed by atoms with E-state index in [1.807, 2.05) is 48.5 Å². The van der Waals surface area contributed by atoms with E-state index in [0.29, 0.717) is 34.9 Å². The Morgan fingerprint density at radius 2 is 0.966 bits per heavy atom. The number of nitriles is 1. The number of rotatable bonds is 5. The highest BCUT2D eigenvalue weighted by Crippen LogP contribution is 2.71. The van der Waals surface area contributed by atoms with Crippen molar-refractivity contribution in [3.8, 4) is 73.6 Å². The van der Waals surface area contributed by atoms with Gasteiger partial charge >= 0.3 is 0 Å². The first-order valence-electron chi connectivity index (χ1n) is 20.8. The van der Waals surface area contributed by atoms with Gasteiger partial charge in [0.1, 0.15) is 0 Å². The van der Waals surface area contributed by atoms with Crippen molar-refractivity contribution >= 4 is 10.8 Å². The van der Waals surface area contributed by atoms with Gasteiger partial charge in [0.05, 0.1) is 11.6 Å². The highest BCUT2D eigenvalue weighted by molar-refractivity contribution is 6.00. The average Bonchev–Trinajstić information content (AvgIpc) is 3.60. The monoisotopic (exact) mass is 744 g/mol. The lowest BCUT2D eigenvalue weighted by Crippen LogP contribution is -2.55. The van der Waals surface area contributed by atoms with Gasteiger partial charge in [-0.3, -0.25) is 0 Å². The molecule has 4 bridgehead atoms. The Morgan fingerprint density at radius 1 is 0.431 bits per heavy atom. The zero-order chi connectivity index (χ0) is 38.4. The van der Waals surface area contributed by atoms with E-state index in [2.05, 4.69) is 109 Å². The highest BCUT2D eigenvalue weighted by atomic mass is 15.0. The van der Waals surface area contributed by atoms with Crippen molar-refractivity contribution in [3.05, 3.63) is 174 Å². The Hall–Kier alpha value is -6.70. The zero-order valence-electron chi connectivity index (χ0n) is 32.1. The molecule has 58 heavy (non-hydrogen) atoms. The molecule has 4 fully saturated rings. The molecule has 8 aromatic rings. The van der Waals surface area contributed by atoms with Gasteiger partial charge < -0.3 is 0 Å². The molecule has 0 amide bonds. The van der Waals surface area contributed by atoms with Crippen LogP contribution in [0.25, 0.3) is 78.3 Å². The number of hydrogen-bond acceptors (Lipinski definition) is 4. The molecule has 4 nitrogen and oxygen atoms in total. The normalized spacial score (nSPS) is 22.2. The van der Waals surface area contributed by atoms with Gasteiger partial charge in [-0.05, 0) is 123 Å². The fraction of sp³-hybridized carbons (Fsp3) is 0.185. The summed E-state index contributed by atoms with van der Waals surface area (Å²) in [5.41, 5.74) is 14.4. The molecule has 1 spiro atoms. The number of hydrogen-bond donors (Lipinski definition) is 0.